The van der Waals surface area contributed by atoms with Gasteiger partial charge in [0.05, 0.1) is 22.5 Å². The number of rotatable bonds is 42. The van der Waals surface area contributed by atoms with E-state index >= 15 is 19.2 Å². The van der Waals surface area contributed by atoms with Gasteiger partial charge in [-0.3, -0.25) is 19.2 Å². The molecular weight excluding hydrogens is 1550 g/mol. The molecule has 0 aromatic heterocycles. The van der Waals surface area contributed by atoms with Crippen molar-refractivity contribution in [3.8, 4) is 0 Å². The molecule has 0 aliphatic carbocycles. The quantitative estimate of drug-likeness (QED) is 0.0123. The summed E-state index contributed by atoms with van der Waals surface area (Å²) in [6, 6.07) is 79.8. The Kier molecular flexibility index (Phi) is 29.2. The number of aryl methyl sites for hydroxylation is 6. The van der Waals surface area contributed by atoms with Crippen molar-refractivity contribution in [1.29, 1.82) is 0 Å². The van der Waals surface area contributed by atoms with Gasteiger partial charge >= 0.3 is 0 Å². The van der Waals surface area contributed by atoms with Crippen LogP contribution >= 0.6 is 23.5 Å². The molecule has 2 aliphatic rings. The SMILES string of the molecule is CCCCCCc1ccc(N(c2ccc(CCCCCC)cc2)c2ccc(CCCSc3cc4c5c(ccc6c7c(SCCCc8ccc(N(c9ccc(CCCCCC)cc9)c9ccc(CCCCCC)cc9)cc8)cc8c9c(ccc(c3c56)c97)C(=O)N(c3c(C(C)C)cccc3C(C)C)C8=O)C(=O)N(c3c(C(C)C)cccc3C(C)C)C4=O)cc2)cc1. The molecule has 2 aliphatic heterocycles. The van der Waals surface area contributed by atoms with E-state index in [0.717, 1.165) is 161 Å². The molecule has 8 nitrogen and oxygen atoms in total. The number of para-hydroxylation sites is 2. The number of carbonyl (C=O) groups is 4. The monoisotopic (exact) mass is 1680 g/mol. The van der Waals surface area contributed by atoms with E-state index in [1.165, 1.54) is 146 Å². The van der Waals surface area contributed by atoms with Crippen LogP contribution in [0.15, 0.2) is 228 Å². The second-order valence-electron chi connectivity index (χ2n) is 36.3. The molecule has 4 amide bonds. The van der Waals surface area contributed by atoms with E-state index in [1.54, 1.807) is 23.5 Å². The maximum atomic E-state index is 16.3. The summed E-state index contributed by atoms with van der Waals surface area (Å²) in [6.07, 6.45) is 27.5. The molecule has 0 N–H and O–H groups in total. The van der Waals surface area contributed by atoms with Gasteiger partial charge in [0.1, 0.15) is 0 Å². The highest BCUT2D eigenvalue weighted by molar-refractivity contribution is 7.99. The average molecular weight is 1680 g/mol. The molecule has 2 heterocycles. The van der Waals surface area contributed by atoms with Gasteiger partial charge in [0.15, 0.2) is 0 Å². The van der Waals surface area contributed by atoms with Crippen molar-refractivity contribution in [3.05, 3.63) is 296 Å². The summed E-state index contributed by atoms with van der Waals surface area (Å²) in [6.45, 7) is 26.2. The normalized spacial score (nSPS) is 12.9. The number of hydrogen-bond donors (Lipinski definition) is 0. The summed E-state index contributed by atoms with van der Waals surface area (Å²) < 4.78 is 0. The maximum absolute atomic E-state index is 16.3. The second kappa shape index (κ2) is 40.8. The lowest BCUT2D eigenvalue weighted by atomic mass is 9.81. The second-order valence-corrected chi connectivity index (χ2v) is 38.6. The minimum atomic E-state index is -0.342. The fourth-order valence-electron chi connectivity index (χ4n) is 19.3. The van der Waals surface area contributed by atoms with Crippen LogP contribution in [0.1, 0.15) is 319 Å². The number of fused-ring (bicyclic) bond motifs is 2. The zero-order valence-corrected chi connectivity index (χ0v) is 77.4. The van der Waals surface area contributed by atoms with Gasteiger partial charge in [-0.15, -0.1) is 23.5 Å². The molecule has 0 bridgehead atoms. The summed E-state index contributed by atoms with van der Waals surface area (Å²) in [7, 11) is 0. The molecule has 13 aromatic rings. The maximum Gasteiger partial charge on any atom is 0.266 e. The zero-order chi connectivity index (χ0) is 86.7. The first-order chi connectivity index (χ1) is 60.4. The van der Waals surface area contributed by atoms with Crippen LogP contribution < -0.4 is 19.6 Å². The summed E-state index contributed by atoms with van der Waals surface area (Å²) >= 11 is 3.50. The molecule has 640 valence electrons. The molecule has 13 aromatic carbocycles. The van der Waals surface area contributed by atoms with Crippen molar-refractivity contribution in [2.45, 2.75) is 271 Å². The number of amides is 4. The highest BCUT2D eigenvalue weighted by atomic mass is 32.2. The molecule has 0 unspecified atom stereocenters. The van der Waals surface area contributed by atoms with E-state index in [4.69, 9.17) is 0 Å². The van der Waals surface area contributed by atoms with Gasteiger partial charge in [0, 0.05) is 87.4 Å². The standard InChI is InChI=1S/C114H128N4O4S2/c1-13-17-21-25-33-79-43-55-85(56-44-79)115(86-57-45-80(46-58-86)34-26-22-18-14-2)89-63-51-83(52-64-89)37-31-71-123-101-73-99-103-97(111(119)117(113(99)121)109-91(75(5)6)39-29-40-92(109)76(7)8)70-68-96-106-102(74-100-104-98(69-67-95(108(104)106)105(101)107(96)103)112(120)118(114(100)122)110-93(77(9)10)41-30-42-94(110)78(11)12)124-72-32-38-84-53-65-90(66-54-84)116(87-59-47-81(48-60-87)35-27-23-19-15-3)88-61-49-82(50-62-88)36-28-24-20-16-4/h29-30,39-70,73-78H,13-28,31-38,71-72H2,1-12H3. The van der Waals surface area contributed by atoms with Crippen LogP contribution in [0.4, 0.5) is 45.5 Å². The lowest BCUT2D eigenvalue weighted by molar-refractivity contribution is 0.0877. The first-order valence-electron chi connectivity index (χ1n) is 47.1. The van der Waals surface area contributed by atoms with Crippen molar-refractivity contribution >= 4 is 136 Å². The lowest BCUT2D eigenvalue weighted by Gasteiger charge is -2.34. The summed E-state index contributed by atoms with van der Waals surface area (Å²) in [5, 5.41) is 6.63. The molecule has 0 saturated heterocycles. The van der Waals surface area contributed by atoms with Crippen LogP contribution in [-0.4, -0.2) is 35.1 Å². The topological polar surface area (TPSA) is 81.2 Å². The predicted molar refractivity (Wildman–Crippen MR) is 531 cm³/mol. The molecule has 15 rings (SSSR count). The molecule has 10 heteroatoms. The van der Waals surface area contributed by atoms with Crippen molar-refractivity contribution in [3.63, 3.8) is 0 Å². The number of anilines is 8. The fourth-order valence-corrected chi connectivity index (χ4v) is 21.4. The first kappa shape index (κ1) is 88.6. The fraction of sp³-hybridized carbons (Fsp3) is 0.368. The van der Waals surface area contributed by atoms with Crippen LogP contribution in [0.25, 0.3) is 43.1 Å². The number of nitrogens with zero attached hydrogens (tertiary/aromatic N) is 4. The van der Waals surface area contributed by atoms with E-state index in [2.05, 4.69) is 299 Å². The Morgan fingerprint density at radius 3 is 0.742 bits per heavy atom. The minimum absolute atomic E-state index is 0.0210. The Labute approximate surface area is 747 Å². The zero-order valence-electron chi connectivity index (χ0n) is 75.7. The summed E-state index contributed by atoms with van der Waals surface area (Å²) in [5.41, 5.74) is 21.8. The highest BCUT2D eigenvalue weighted by Gasteiger charge is 2.42. The van der Waals surface area contributed by atoms with Gasteiger partial charge in [-0.1, -0.05) is 281 Å². The Morgan fingerprint density at radius 1 is 0.258 bits per heavy atom. The Morgan fingerprint density at radius 2 is 0.500 bits per heavy atom. The summed E-state index contributed by atoms with van der Waals surface area (Å²) in [5.74, 6) is 0.169. The van der Waals surface area contributed by atoms with E-state index in [1.807, 2.05) is 12.1 Å². The largest absolute Gasteiger partial charge is 0.311 e. The number of unbranched alkanes of at least 4 members (excludes halogenated alkanes) is 12. The van der Waals surface area contributed by atoms with E-state index in [-0.39, 0.29) is 47.3 Å². The Balaban J connectivity index is 0.807. The van der Waals surface area contributed by atoms with Gasteiger partial charge < -0.3 is 9.80 Å². The Hall–Kier alpha value is -10.3. The average Bonchev–Trinajstić information content (AvgIpc) is 0.677. The van der Waals surface area contributed by atoms with Crippen molar-refractivity contribution in [1.82, 2.24) is 0 Å². The van der Waals surface area contributed by atoms with Crippen LogP contribution in [0.3, 0.4) is 0 Å². The molecule has 0 saturated carbocycles. The third-order valence-electron chi connectivity index (χ3n) is 26.1. The van der Waals surface area contributed by atoms with Crippen molar-refractivity contribution in [2.75, 3.05) is 31.1 Å². The predicted octanol–water partition coefficient (Wildman–Crippen LogP) is 32.7. The van der Waals surface area contributed by atoms with Gasteiger partial charge in [0.2, 0.25) is 0 Å². The van der Waals surface area contributed by atoms with Crippen molar-refractivity contribution in [2.24, 2.45) is 0 Å². The van der Waals surface area contributed by atoms with E-state index in [9.17, 15) is 0 Å². The smallest absolute Gasteiger partial charge is 0.266 e. The molecule has 0 fully saturated rings. The van der Waals surface area contributed by atoms with Crippen LogP contribution in [-0.2, 0) is 38.5 Å². The number of imide groups is 2. The molecule has 0 radical (unpaired) electrons. The first-order valence-corrected chi connectivity index (χ1v) is 49.1. The summed E-state index contributed by atoms with van der Waals surface area (Å²) in [4.78, 5) is 74.4. The number of benzene rings is 13. The van der Waals surface area contributed by atoms with Crippen LogP contribution in [0, 0.1) is 0 Å². The van der Waals surface area contributed by atoms with Gasteiger partial charge in [-0.2, -0.15) is 0 Å². The molecular formula is C114H128N4O4S2. The van der Waals surface area contributed by atoms with Gasteiger partial charge in [-0.05, 0) is 276 Å². The highest BCUT2D eigenvalue weighted by Crippen LogP contribution is 2.54. The lowest BCUT2D eigenvalue weighted by Crippen LogP contribution is -2.42. The van der Waals surface area contributed by atoms with Crippen LogP contribution in [0.2, 0.25) is 0 Å². The number of hydrogen-bond acceptors (Lipinski definition) is 8. The van der Waals surface area contributed by atoms with E-state index < -0.39 is 0 Å². The van der Waals surface area contributed by atoms with Crippen LogP contribution in [0.5, 0.6) is 0 Å². The van der Waals surface area contributed by atoms with Crippen molar-refractivity contribution < 1.29 is 19.2 Å². The number of thioether (sulfide) groups is 2. The number of carbonyl (C=O) groups excluding carboxylic acids is 4. The van der Waals surface area contributed by atoms with Gasteiger partial charge in [0.25, 0.3) is 23.6 Å². The van der Waals surface area contributed by atoms with E-state index in [0.29, 0.717) is 44.4 Å². The third-order valence-corrected chi connectivity index (χ3v) is 28.3. The molecule has 0 spiro atoms. The molecule has 124 heavy (non-hydrogen) atoms. The van der Waals surface area contributed by atoms with Gasteiger partial charge in [-0.25, -0.2) is 9.80 Å². The third kappa shape index (κ3) is 18.8. The Bertz CT molecular complexity index is 5380. The molecule has 0 atom stereocenters. The minimum Gasteiger partial charge on any atom is -0.311 e.